The molecule has 178 valence electrons. The van der Waals surface area contributed by atoms with Gasteiger partial charge >= 0.3 is 0 Å². The number of rotatable bonds is 9. The molecule has 1 N–H and O–H groups in total. The lowest BCUT2D eigenvalue weighted by Crippen LogP contribution is -2.15. The molecule has 0 fully saturated rings. The minimum Gasteiger partial charge on any atom is -0.486 e. The van der Waals surface area contributed by atoms with Crippen LogP contribution >= 0.6 is 11.8 Å². The second-order valence-corrected chi connectivity index (χ2v) is 9.04. The topological polar surface area (TPSA) is 86.1 Å². The van der Waals surface area contributed by atoms with Crippen molar-refractivity contribution in [2.45, 2.75) is 32.5 Å². The number of nitrogens with zero attached hydrogens (tertiary/aromatic N) is 3. The molecule has 0 unspecified atom stereocenters. The lowest BCUT2D eigenvalue weighted by atomic mass is 10.1. The van der Waals surface area contributed by atoms with Gasteiger partial charge in [0.1, 0.15) is 12.4 Å². The molecule has 0 bridgehead atoms. The number of ether oxygens (including phenoxy) is 1. The summed E-state index contributed by atoms with van der Waals surface area (Å²) in [5.41, 5.74) is 4.24. The van der Waals surface area contributed by atoms with Crippen molar-refractivity contribution in [3.8, 4) is 11.4 Å². The fourth-order valence-electron chi connectivity index (χ4n) is 3.50. The summed E-state index contributed by atoms with van der Waals surface area (Å²) in [5.74, 6) is 1.26. The van der Waals surface area contributed by atoms with E-state index in [0.717, 1.165) is 22.6 Å². The summed E-state index contributed by atoms with van der Waals surface area (Å²) in [5, 5.41) is 12.2. The summed E-state index contributed by atoms with van der Waals surface area (Å²) < 4.78 is 7.88. The van der Waals surface area contributed by atoms with Gasteiger partial charge in [0.05, 0.1) is 11.4 Å². The van der Waals surface area contributed by atoms with Crippen LogP contribution in [0.2, 0.25) is 0 Å². The Kier molecular flexibility index (Phi) is 7.62. The van der Waals surface area contributed by atoms with Crippen molar-refractivity contribution in [2.75, 3.05) is 11.1 Å². The standard InChI is InChI=1S/C27H26N4O3S/c1-18-12-13-19(2)24(14-18)31-25(16-34-23-10-5-4-6-11-23)29-30-27(31)35-17-26(33)28-22-9-7-8-21(15-22)20(3)32/h4-15H,16-17H2,1-3H3,(H,28,33). The first-order valence-electron chi connectivity index (χ1n) is 11.1. The van der Waals surface area contributed by atoms with Crippen LogP contribution in [0.3, 0.4) is 0 Å². The molecule has 0 aliphatic heterocycles. The predicted octanol–water partition coefficient (Wildman–Crippen LogP) is 5.40. The zero-order valence-electron chi connectivity index (χ0n) is 19.8. The van der Waals surface area contributed by atoms with E-state index in [4.69, 9.17) is 4.74 Å². The molecule has 0 saturated carbocycles. The first-order valence-corrected chi connectivity index (χ1v) is 12.1. The number of nitrogens with one attached hydrogen (secondary N) is 1. The van der Waals surface area contributed by atoms with Crippen LogP contribution in [0, 0.1) is 13.8 Å². The Balaban J connectivity index is 1.54. The number of carbonyl (C=O) groups is 2. The van der Waals surface area contributed by atoms with Crippen molar-refractivity contribution in [2.24, 2.45) is 0 Å². The number of thioether (sulfide) groups is 1. The van der Waals surface area contributed by atoms with Crippen LogP contribution in [0.15, 0.2) is 78.0 Å². The molecule has 0 spiro atoms. The zero-order chi connectivity index (χ0) is 24.8. The number of aromatic nitrogens is 3. The van der Waals surface area contributed by atoms with Crippen LogP contribution in [0.4, 0.5) is 5.69 Å². The quantitative estimate of drug-likeness (QED) is 0.252. The molecular formula is C27H26N4O3S. The summed E-state index contributed by atoms with van der Waals surface area (Å²) in [7, 11) is 0. The van der Waals surface area contributed by atoms with E-state index in [1.807, 2.05) is 48.7 Å². The molecule has 4 aromatic rings. The molecule has 3 aromatic carbocycles. The Morgan fingerprint density at radius 3 is 2.54 bits per heavy atom. The summed E-state index contributed by atoms with van der Waals surface area (Å²) >= 11 is 1.29. The highest BCUT2D eigenvalue weighted by Crippen LogP contribution is 2.26. The number of anilines is 1. The summed E-state index contributed by atoms with van der Waals surface area (Å²) in [6, 6.07) is 22.6. The van der Waals surface area contributed by atoms with Gasteiger partial charge in [-0.05, 0) is 62.2 Å². The fourth-order valence-corrected chi connectivity index (χ4v) is 4.26. The third-order valence-corrected chi connectivity index (χ3v) is 6.23. The molecule has 0 radical (unpaired) electrons. The smallest absolute Gasteiger partial charge is 0.234 e. The van der Waals surface area contributed by atoms with Crippen LogP contribution in [-0.4, -0.2) is 32.2 Å². The van der Waals surface area contributed by atoms with Gasteiger partial charge in [-0.25, -0.2) is 0 Å². The molecule has 1 amide bonds. The van der Waals surface area contributed by atoms with E-state index >= 15 is 0 Å². The number of carbonyl (C=O) groups excluding carboxylic acids is 2. The molecule has 0 saturated heterocycles. The van der Waals surface area contributed by atoms with Gasteiger partial charge < -0.3 is 10.1 Å². The van der Waals surface area contributed by atoms with Gasteiger partial charge in [0.25, 0.3) is 0 Å². The third kappa shape index (κ3) is 6.16. The van der Waals surface area contributed by atoms with Crippen LogP contribution in [0.25, 0.3) is 5.69 Å². The van der Waals surface area contributed by atoms with E-state index < -0.39 is 0 Å². The van der Waals surface area contributed by atoms with E-state index in [0.29, 0.717) is 22.2 Å². The van der Waals surface area contributed by atoms with Crippen LogP contribution in [0.5, 0.6) is 5.75 Å². The molecular weight excluding hydrogens is 460 g/mol. The Bertz CT molecular complexity index is 1350. The minimum absolute atomic E-state index is 0.0534. The van der Waals surface area contributed by atoms with Crippen molar-refractivity contribution in [1.82, 2.24) is 14.8 Å². The number of hydrogen-bond acceptors (Lipinski definition) is 6. The van der Waals surface area contributed by atoms with Gasteiger partial charge in [-0.2, -0.15) is 0 Å². The van der Waals surface area contributed by atoms with E-state index in [9.17, 15) is 9.59 Å². The average molecular weight is 487 g/mol. The van der Waals surface area contributed by atoms with Gasteiger partial charge in [0.2, 0.25) is 5.91 Å². The highest BCUT2D eigenvalue weighted by Gasteiger charge is 2.18. The highest BCUT2D eigenvalue weighted by atomic mass is 32.2. The van der Waals surface area contributed by atoms with Gasteiger partial charge in [-0.15, -0.1) is 10.2 Å². The van der Waals surface area contributed by atoms with Crippen molar-refractivity contribution >= 4 is 29.1 Å². The summed E-state index contributed by atoms with van der Waals surface area (Å²) in [4.78, 5) is 24.3. The van der Waals surface area contributed by atoms with Crippen molar-refractivity contribution in [3.63, 3.8) is 0 Å². The van der Waals surface area contributed by atoms with E-state index in [2.05, 4.69) is 33.7 Å². The zero-order valence-corrected chi connectivity index (χ0v) is 20.6. The van der Waals surface area contributed by atoms with Crippen molar-refractivity contribution < 1.29 is 14.3 Å². The number of hydrogen-bond donors (Lipinski definition) is 1. The molecule has 4 rings (SSSR count). The van der Waals surface area contributed by atoms with Gasteiger partial charge in [0.15, 0.2) is 16.8 Å². The molecule has 8 heteroatoms. The average Bonchev–Trinajstić information content (AvgIpc) is 3.26. The van der Waals surface area contributed by atoms with Crippen molar-refractivity contribution in [1.29, 1.82) is 0 Å². The molecule has 0 atom stereocenters. The molecule has 7 nitrogen and oxygen atoms in total. The summed E-state index contributed by atoms with van der Waals surface area (Å²) in [6.07, 6.45) is 0. The lowest BCUT2D eigenvalue weighted by Gasteiger charge is -2.14. The molecule has 1 heterocycles. The Morgan fingerprint density at radius 1 is 0.971 bits per heavy atom. The SMILES string of the molecule is CC(=O)c1cccc(NC(=O)CSc2nnc(COc3ccccc3)n2-c2cc(C)ccc2C)c1. The summed E-state index contributed by atoms with van der Waals surface area (Å²) in [6.45, 7) is 5.79. The lowest BCUT2D eigenvalue weighted by molar-refractivity contribution is -0.113. The van der Waals surface area contributed by atoms with Crippen molar-refractivity contribution in [3.05, 3.63) is 95.3 Å². The predicted molar refractivity (Wildman–Crippen MR) is 137 cm³/mol. The van der Waals surface area contributed by atoms with Crippen LogP contribution in [-0.2, 0) is 11.4 Å². The second kappa shape index (κ2) is 11.0. The number of benzene rings is 3. The molecule has 35 heavy (non-hydrogen) atoms. The number of amides is 1. The van der Waals surface area contributed by atoms with Crippen LogP contribution in [0.1, 0.15) is 34.2 Å². The number of Topliss-reactive ketones (excluding diaryl/α,β-unsaturated/α-hetero) is 1. The largest absolute Gasteiger partial charge is 0.486 e. The normalized spacial score (nSPS) is 10.7. The fraction of sp³-hybridized carbons (Fsp3) is 0.185. The van der Waals surface area contributed by atoms with Gasteiger partial charge in [-0.3, -0.25) is 14.2 Å². The van der Waals surface area contributed by atoms with E-state index in [1.54, 1.807) is 24.3 Å². The maximum Gasteiger partial charge on any atom is 0.234 e. The monoisotopic (exact) mass is 486 g/mol. The van der Waals surface area contributed by atoms with Gasteiger partial charge in [0, 0.05) is 11.3 Å². The maximum atomic E-state index is 12.7. The van der Waals surface area contributed by atoms with Crippen LogP contribution < -0.4 is 10.1 Å². The Hall–Kier alpha value is -3.91. The Morgan fingerprint density at radius 2 is 1.77 bits per heavy atom. The Labute approximate surface area is 208 Å². The minimum atomic E-state index is -0.201. The number of para-hydroxylation sites is 1. The first-order chi connectivity index (χ1) is 16.9. The first kappa shape index (κ1) is 24.2. The van der Waals surface area contributed by atoms with E-state index in [-0.39, 0.29) is 24.1 Å². The molecule has 0 aliphatic carbocycles. The number of ketones is 1. The highest BCUT2D eigenvalue weighted by molar-refractivity contribution is 7.99. The van der Waals surface area contributed by atoms with E-state index in [1.165, 1.54) is 18.7 Å². The maximum absolute atomic E-state index is 12.7. The number of aryl methyl sites for hydroxylation is 2. The molecule has 0 aliphatic rings. The third-order valence-electron chi connectivity index (χ3n) is 5.30. The second-order valence-electron chi connectivity index (χ2n) is 8.10. The van der Waals surface area contributed by atoms with Gasteiger partial charge in [-0.1, -0.05) is 54.2 Å². The molecule has 1 aromatic heterocycles.